The Kier molecular flexibility index (Phi) is 2.86. The van der Waals surface area contributed by atoms with Crippen molar-refractivity contribution < 1.29 is 9.53 Å². The van der Waals surface area contributed by atoms with Crippen LogP contribution in [0.25, 0.3) is 0 Å². The number of ether oxygens (including phenoxy) is 1. The Morgan fingerprint density at radius 1 is 1.50 bits per heavy atom. The number of hydrogen-bond acceptors (Lipinski definition) is 3. The molecule has 0 saturated heterocycles. The smallest absolute Gasteiger partial charge is 0.328 e. The molecule has 0 aromatic heterocycles. The Hall–Kier alpha value is -1.51. The van der Waals surface area contributed by atoms with Crippen molar-refractivity contribution in [2.45, 2.75) is 33.2 Å². The Labute approximate surface area is 95.8 Å². The van der Waals surface area contributed by atoms with Gasteiger partial charge in [-0.2, -0.15) is 0 Å². The van der Waals surface area contributed by atoms with Crippen molar-refractivity contribution >= 4 is 11.7 Å². The lowest BCUT2D eigenvalue weighted by Gasteiger charge is -2.10. The molecule has 2 rings (SSSR count). The van der Waals surface area contributed by atoms with Crippen molar-refractivity contribution in [3.63, 3.8) is 0 Å². The van der Waals surface area contributed by atoms with Crippen LogP contribution in [0.5, 0.6) is 0 Å². The lowest BCUT2D eigenvalue weighted by molar-refractivity contribution is -0.143. The van der Waals surface area contributed by atoms with E-state index in [9.17, 15) is 4.79 Å². The van der Waals surface area contributed by atoms with E-state index >= 15 is 0 Å². The highest BCUT2D eigenvalue weighted by molar-refractivity contribution is 5.83. The molecule has 1 aromatic rings. The summed E-state index contributed by atoms with van der Waals surface area (Å²) >= 11 is 0. The number of nitrogens with one attached hydrogen (secondary N) is 1. The summed E-state index contributed by atoms with van der Waals surface area (Å²) in [7, 11) is 0. The maximum absolute atomic E-state index is 11.6. The molecule has 3 nitrogen and oxygen atoms in total. The Morgan fingerprint density at radius 3 is 2.94 bits per heavy atom. The monoisotopic (exact) mass is 219 g/mol. The highest BCUT2D eigenvalue weighted by Gasteiger charge is 2.28. The molecule has 16 heavy (non-hydrogen) atoms. The van der Waals surface area contributed by atoms with Crippen molar-refractivity contribution in [1.29, 1.82) is 0 Å². The van der Waals surface area contributed by atoms with Gasteiger partial charge < -0.3 is 10.1 Å². The molecule has 0 aliphatic carbocycles. The summed E-state index contributed by atoms with van der Waals surface area (Å²) in [5, 5.41) is 3.24. The van der Waals surface area contributed by atoms with E-state index < -0.39 is 0 Å². The molecule has 1 aliphatic heterocycles. The van der Waals surface area contributed by atoms with E-state index in [0.29, 0.717) is 6.61 Å². The van der Waals surface area contributed by atoms with Crippen LogP contribution in [-0.4, -0.2) is 18.6 Å². The lowest BCUT2D eigenvalue weighted by Crippen LogP contribution is -2.29. The minimum absolute atomic E-state index is 0.157. The lowest BCUT2D eigenvalue weighted by atomic mass is 10.0. The topological polar surface area (TPSA) is 38.3 Å². The largest absolute Gasteiger partial charge is 0.464 e. The molecule has 0 spiro atoms. The van der Waals surface area contributed by atoms with Crippen LogP contribution < -0.4 is 5.32 Å². The first-order valence-electron chi connectivity index (χ1n) is 5.65. The Balaban J connectivity index is 2.21. The molecule has 0 bridgehead atoms. The first-order valence-corrected chi connectivity index (χ1v) is 5.65. The standard InChI is InChI=1S/C13H17NO2/c1-4-16-13(15)11-7-10-6-8(2)5-9(3)12(10)14-11/h5-6,11,14H,4,7H2,1-3H3/t11-/m1/s1. The summed E-state index contributed by atoms with van der Waals surface area (Å²) in [6, 6.07) is 4.05. The van der Waals surface area contributed by atoms with Crippen molar-refractivity contribution in [1.82, 2.24) is 0 Å². The number of aryl methyl sites for hydroxylation is 2. The number of anilines is 1. The summed E-state index contributed by atoms with van der Waals surface area (Å²) in [5.41, 5.74) is 4.75. The van der Waals surface area contributed by atoms with E-state index in [1.54, 1.807) is 0 Å². The third-order valence-corrected chi connectivity index (χ3v) is 2.88. The van der Waals surface area contributed by atoms with Gasteiger partial charge in [-0.15, -0.1) is 0 Å². The van der Waals surface area contributed by atoms with Gasteiger partial charge in [0.15, 0.2) is 0 Å². The summed E-state index contributed by atoms with van der Waals surface area (Å²) in [6.07, 6.45) is 0.733. The average Bonchev–Trinajstić information content (AvgIpc) is 2.62. The quantitative estimate of drug-likeness (QED) is 0.775. The van der Waals surface area contributed by atoms with E-state index in [4.69, 9.17) is 4.74 Å². The molecule has 1 N–H and O–H groups in total. The van der Waals surface area contributed by atoms with Gasteiger partial charge >= 0.3 is 5.97 Å². The highest BCUT2D eigenvalue weighted by atomic mass is 16.5. The maximum Gasteiger partial charge on any atom is 0.328 e. The number of hydrogen-bond donors (Lipinski definition) is 1. The Bertz CT molecular complexity index is 426. The summed E-state index contributed by atoms with van der Waals surface area (Å²) in [5.74, 6) is -0.157. The molecule has 3 heteroatoms. The normalized spacial score (nSPS) is 17.8. The van der Waals surface area contributed by atoms with Crippen molar-refractivity contribution in [2.24, 2.45) is 0 Å². The average molecular weight is 219 g/mol. The number of carbonyl (C=O) groups excluding carboxylic acids is 1. The molecule has 86 valence electrons. The van der Waals surface area contributed by atoms with Crippen molar-refractivity contribution in [2.75, 3.05) is 11.9 Å². The number of fused-ring (bicyclic) bond motifs is 1. The summed E-state index contributed by atoms with van der Waals surface area (Å²) < 4.78 is 5.03. The van der Waals surface area contributed by atoms with Crippen LogP contribution in [0.1, 0.15) is 23.6 Å². The van der Waals surface area contributed by atoms with Gasteiger partial charge in [0, 0.05) is 12.1 Å². The van der Waals surface area contributed by atoms with Crippen molar-refractivity contribution in [3.8, 4) is 0 Å². The molecule has 1 atom stereocenters. The van der Waals surface area contributed by atoms with Gasteiger partial charge in [-0.3, -0.25) is 0 Å². The van der Waals surface area contributed by atoms with Gasteiger partial charge in [-0.25, -0.2) is 4.79 Å². The fourth-order valence-electron chi connectivity index (χ4n) is 2.25. The van der Waals surface area contributed by atoms with Crippen LogP contribution in [0, 0.1) is 13.8 Å². The summed E-state index contributed by atoms with van der Waals surface area (Å²) in [4.78, 5) is 11.6. The Morgan fingerprint density at radius 2 is 2.25 bits per heavy atom. The zero-order chi connectivity index (χ0) is 11.7. The van der Waals surface area contributed by atoms with E-state index in [2.05, 4.69) is 31.3 Å². The fraction of sp³-hybridized carbons (Fsp3) is 0.462. The SMILES string of the molecule is CCOC(=O)[C@H]1Cc2cc(C)cc(C)c2N1. The van der Waals surface area contributed by atoms with Gasteiger partial charge in [-0.1, -0.05) is 17.7 Å². The number of carbonyl (C=O) groups is 1. The van der Waals surface area contributed by atoms with Crippen LogP contribution >= 0.6 is 0 Å². The van der Waals surface area contributed by atoms with Gasteiger partial charge in [0.05, 0.1) is 6.61 Å². The third-order valence-electron chi connectivity index (χ3n) is 2.88. The maximum atomic E-state index is 11.6. The van der Waals surface area contributed by atoms with E-state index in [1.165, 1.54) is 16.7 Å². The molecule has 0 unspecified atom stereocenters. The van der Waals surface area contributed by atoms with Gasteiger partial charge in [0.1, 0.15) is 6.04 Å². The molecule has 0 fully saturated rings. The van der Waals surface area contributed by atoms with Gasteiger partial charge in [0.2, 0.25) is 0 Å². The predicted octanol–water partition coefficient (Wildman–Crippen LogP) is 2.20. The molecule has 0 amide bonds. The summed E-state index contributed by atoms with van der Waals surface area (Å²) in [6.45, 7) is 6.40. The van der Waals surface area contributed by atoms with Crippen LogP contribution in [0.15, 0.2) is 12.1 Å². The third kappa shape index (κ3) is 1.90. The molecular weight excluding hydrogens is 202 g/mol. The zero-order valence-electron chi connectivity index (χ0n) is 9.96. The number of esters is 1. The molecule has 1 aliphatic rings. The predicted molar refractivity (Wildman–Crippen MR) is 63.7 cm³/mol. The zero-order valence-corrected chi connectivity index (χ0v) is 9.96. The minimum atomic E-state index is -0.213. The highest BCUT2D eigenvalue weighted by Crippen LogP contribution is 2.30. The van der Waals surface area contributed by atoms with E-state index in [0.717, 1.165) is 12.1 Å². The van der Waals surface area contributed by atoms with E-state index in [1.807, 2.05) is 6.92 Å². The fourth-order valence-corrected chi connectivity index (χ4v) is 2.25. The molecule has 1 aromatic carbocycles. The van der Waals surface area contributed by atoms with Crippen LogP contribution in [0.4, 0.5) is 5.69 Å². The van der Waals surface area contributed by atoms with Gasteiger partial charge in [0.25, 0.3) is 0 Å². The number of rotatable bonds is 2. The van der Waals surface area contributed by atoms with Crippen LogP contribution in [-0.2, 0) is 16.0 Å². The second-order valence-corrected chi connectivity index (χ2v) is 4.27. The first-order chi connectivity index (χ1) is 7.61. The van der Waals surface area contributed by atoms with E-state index in [-0.39, 0.29) is 12.0 Å². The molecule has 0 radical (unpaired) electrons. The van der Waals surface area contributed by atoms with Crippen LogP contribution in [0.2, 0.25) is 0 Å². The van der Waals surface area contributed by atoms with Gasteiger partial charge in [-0.05, 0) is 31.9 Å². The van der Waals surface area contributed by atoms with Crippen LogP contribution in [0.3, 0.4) is 0 Å². The second-order valence-electron chi connectivity index (χ2n) is 4.27. The number of benzene rings is 1. The first kappa shape index (κ1) is 11.0. The minimum Gasteiger partial charge on any atom is -0.464 e. The molecular formula is C13H17NO2. The second kappa shape index (κ2) is 4.16. The molecule has 0 saturated carbocycles. The molecule has 1 heterocycles. The van der Waals surface area contributed by atoms with Crippen molar-refractivity contribution in [3.05, 3.63) is 28.8 Å².